The standard InChI is InChI=1S/C18H18FN3O4/c1-10-3-6-14(9-15(10)19)21-16(23)11(2)26-17(24)12-4-7-13(8-5-12)22-18(20)25/h3-9,11H,1-2H3,(H,21,23)(H3,20,22,25)/t11-/m1/s1. The molecule has 0 aliphatic heterocycles. The third-order valence-corrected chi connectivity index (χ3v) is 3.48. The van der Waals surface area contributed by atoms with Gasteiger partial charge in [0.25, 0.3) is 5.91 Å². The van der Waals surface area contributed by atoms with Crippen molar-refractivity contribution in [2.24, 2.45) is 5.73 Å². The van der Waals surface area contributed by atoms with E-state index < -0.39 is 29.8 Å². The Hall–Kier alpha value is -3.42. The minimum atomic E-state index is -1.09. The van der Waals surface area contributed by atoms with Gasteiger partial charge in [0.15, 0.2) is 6.10 Å². The number of hydrogen-bond acceptors (Lipinski definition) is 4. The lowest BCUT2D eigenvalue weighted by Gasteiger charge is -2.14. The maximum absolute atomic E-state index is 13.5. The summed E-state index contributed by atoms with van der Waals surface area (Å²) >= 11 is 0. The van der Waals surface area contributed by atoms with Crippen LogP contribution in [0.15, 0.2) is 42.5 Å². The molecular weight excluding hydrogens is 341 g/mol. The summed E-state index contributed by atoms with van der Waals surface area (Å²) in [6.45, 7) is 3.01. The van der Waals surface area contributed by atoms with Crippen LogP contribution in [0.3, 0.4) is 0 Å². The summed E-state index contributed by atoms with van der Waals surface area (Å²) in [4.78, 5) is 34.9. The predicted octanol–water partition coefficient (Wildman–Crippen LogP) is 2.81. The maximum atomic E-state index is 13.5. The number of halogens is 1. The first-order valence-corrected chi connectivity index (χ1v) is 7.71. The average Bonchev–Trinajstić information content (AvgIpc) is 2.58. The Morgan fingerprint density at radius 1 is 1.04 bits per heavy atom. The number of carbonyl (C=O) groups excluding carboxylic acids is 3. The van der Waals surface area contributed by atoms with E-state index in [0.29, 0.717) is 11.3 Å². The Balaban J connectivity index is 1.95. The first-order valence-electron chi connectivity index (χ1n) is 7.71. The first-order chi connectivity index (χ1) is 12.3. The number of nitrogens with one attached hydrogen (secondary N) is 2. The topological polar surface area (TPSA) is 111 Å². The molecule has 4 N–H and O–H groups in total. The second-order valence-electron chi connectivity index (χ2n) is 5.57. The van der Waals surface area contributed by atoms with Crippen molar-refractivity contribution in [1.82, 2.24) is 0 Å². The number of urea groups is 1. The van der Waals surface area contributed by atoms with Crippen molar-refractivity contribution < 1.29 is 23.5 Å². The van der Waals surface area contributed by atoms with E-state index in [1.165, 1.54) is 43.3 Å². The monoisotopic (exact) mass is 359 g/mol. The van der Waals surface area contributed by atoms with Gasteiger partial charge in [-0.25, -0.2) is 14.0 Å². The van der Waals surface area contributed by atoms with Crippen molar-refractivity contribution in [2.75, 3.05) is 10.6 Å². The lowest BCUT2D eigenvalue weighted by Crippen LogP contribution is -2.30. The molecule has 0 fully saturated rings. The zero-order chi connectivity index (χ0) is 19.3. The zero-order valence-electron chi connectivity index (χ0n) is 14.2. The number of amides is 3. The van der Waals surface area contributed by atoms with Crippen LogP contribution < -0.4 is 16.4 Å². The van der Waals surface area contributed by atoms with Crippen LogP contribution in [0, 0.1) is 12.7 Å². The third-order valence-electron chi connectivity index (χ3n) is 3.48. The molecule has 1 atom stereocenters. The predicted molar refractivity (Wildman–Crippen MR) is 94.3 cm³/mol. The van der Waals surface area contributed by atoms with Gasteiger partial charge < -0.3 is 21.1 Å². The van der Waals surface area contributed by atoms with E-state index in [1.54, 1.807) is 13.0 Å². The number of primary amides is 1. The zero-order valence-corrected chi connectivity index (χ0v) is 14.2. The van der Waals surface area contributed by atoms with E-state index in [1.807, 2.05) is 0 Å². The number of esters is 1. The molecule has 26 heavy (non-hydrogen) atoms. The summed E-state index contributed by atoms with van der Waals surface area (Å²) in [5.41, 5.74) is 6.33. The highest BCUT2D eigenvalue weighted by Crippen LogP contribution is 2.15. The average molecular weight is 359 g/mol. The molecular formula is C18H18FN3O4. The number of hydrogen-bond donors (Lipinski definition) is 3. The Labute approximate surface area is 149 Å². The van der Waals surface area contributed by atoms with E-state index >= 15 is 0 Å². The molecule has 0 aliphatic rings. The van der Waals surface area contributed by atoms with Crippen LogP contribution >= 0.6 is 0 Å². The highest BCUT2D eigenvalue weighted by Gasteiger charge is 2.19. The lowest BCUT2D eigenvalue weighted by molar-refractivity contribution is -0.123. The van der Waals surface area contributed by atoms with Crippen LogP contribution in [0.2, 0.25) is 0 Å². The van der Waals surface area contributed by atoms with Gasteiger partial charge in [0.1, 0.15) is 5.82 Å². The summed E-state index contributed by atoms with van der Waals surface area (Å²) in [7, 11) is 0. The van der Waals surface area contributed by atoms with Gasteiger partial charge in [-0.2, -0.15) is 0 Å². The molecule has 2 aromatic carbocycles. The van der Waals surface area contributed by atoms with Crippen LogP contribution in [-0.4, -0.2) is 24.0 Å². The van der Waals surface area contributed by atoms with E-state index in [-0.39, 0.29) is 11.3 Å². The fourth-order valence-electron chi connectivity index (χ4n) is 2.03. The summed E-state index contributed by atoms with van der Waals surface area (Å²) in [6.07, 6.45) is -1.09. The quantitative estimate of drug-likeness (QED) is 0.713. The summed E-state index contributed by atoms with van der Waals surface area (Å²) in [5, 5.41) is 4.84. The van der Waals surface area contributed by atoms with E-state index in [2.05, 4.69) is 10.6 Å². The van der Waals surface area contributed by atoms with Crippen LogP contribution in [0.25, 0.3) is 0 Å². The van der Waals surface area contributed by atoms with Gasteiger partial charge in [0.2, 0.25) is 0 Å². The largest absolute Gasteiger partial charge is 0.449 e. The fraction of sp³-hybridized carbons (Fsp3) is 0.167. The normalized spacial score (nSPS) is 11.3. The van der Waals surface area contributed by atoms with Crippen LogP contribution in [0.4, 0.5) is 20.6 Å². The molecule has 0 aromatic heterocycles. The molecule has 8 heteroatoms. The maximum Gasteiger partial charge on any atom is 0.338 e. The fourth-order valence-corrected chi connectivity index (χ4v) is 2.03. The van der Waals surface area contributed by atoms with Gasteiger partial charge >= 0.3 is 12.0 Å². The number of aryl methyl sites for hydroxylation is 1. The smallest absolute Gasteiger partial charge is 0.338 e. The van der Waals surface area contributed by atoms with Gasteiger partial charge in [0.05, 0.1) is 5.56 Å². The van der Waals surface area contributed by atoms with Gasteiger partial charge in [-0.05, 0) is 55.8 Å². The van der Waals surface area contributed by atoms with Crippen molar-refractivity contribution in [3.8, 4) is 0 Å². The Morgan fingerprint density at radius 2 is 1.65 bits per heavy atom. The van der Waals surface area contributed by atoms with Gasteiger partial charge in [-0.1, -0.05) is 6.07 Å². The SMILES string of the molecule is Cc1ccc(NC(=O)[C@@H](C)OC(=O)c2ccc(NC(N)=O)cc2)cc1F. The first kappa shape index (κ1) is 18.9. The second kappa shape index (κ2) is 8.11. The second-order valence-corrected chi connectivity index (χ2v) is 5.57. The molecule has 0 bridgehead atoms. The van der Waals surface area contributed by atoms with E-state index in [0.717, 1.165) is 0 Å². The number of ether oxygens (including phenoxy) is 1. The minimum absolute atomic E-state index is 0.195. The summed E-state index contributed by atoms with van der Waals surface area (Å²) in [6, 6.07) is 9.34. The van der Waals surface area contributed by atoms with E-state index in [9.17, 15) is 18.8 Å². The molecule has 3 amide bonds. The Kier molecular flexibility index (Phi) is 5.90. The van der Waals surface area contributed by atoms with E-state index in [4.69, 9.17) is 10.5 Å². The molecule has 0 aliphatic carbocycles. The summed E-state index contributed by atoms with van der Waals surface area (Å²) < 4.78 is 18.6. The van der Waals surface area contributed by atoms with Crippen LogP contribution in [0.5, 0.6) is 0 Å². The van der Waals surface area contributed by atoms with Gasteiger partial charge in [0, 0.05) is 11.4 Å². The Morgan fingerprint density at radius 3 is 2.23 bits per heavy atom. The number of carbonyl (C=O) groups is 3. The van der Waals surface area contributed by atoms with Gasteiger partial charge in [-0.15, -0.1) is 0 Å². The molecule has 0 saturated heterocycles. The highest BCUT2D eigenvalue weighted by molar-refractivity contribution is 5.97. The third kappa shape index (κ3) is 5.04. The molecule has 136 valence electrons. The van der Waals surface area contributed by atoms with Crippen molar-refractivity contribution in [3.63, 3.8) is 0 Å². The number of rotatable bonds is 5. The lowest BCUT2D eigenvalue weighted by atomic mass is 10.2. The van der Waals surface area contributed by atoms with Crippen molar-refractivity contribution in [3.05, 3.63) is 59.4 Å². The minimum Gasteiger partial charge on any atom is -0.449 e. The van der Waals surface area contributed by atoms with Crippen LogP contribution in [-0.2, 0) is 9.53 Å². The number of anilines is 2. The molecule has 7 nitrogen and oxygen atoms in total. The summed E-state index contributed by atoms with van der Waals surface area (Å²) in [5.74, 6) is -1.75. The molecule has 0 saturated carbocycles. The molecule has 2 rings (SSSR count). The Bertz CT molecular complexity index is 837. The molecule has 0 radical (unpaired) electrons. The molecule has 0 unspecified atom stereocenters. The molecule has 0 heterocycles. The van der Waals surface area contributed by atoms with Crippen LogP contribution in [0.1, 0.15) is 22.8 Å². The van der Waals surface area contributed by atoms with Gasteiger partial charge in [-0.3, -0.25) is 4.79 Å². The van der Waals surface area contributed by atoms with Crippen molar-refractivity contribution >= 4 is 29.3 Å². The molecule has 2 aromatic rings. The molecule has 0 spiro atoms. The number of nitrogens with two attached hydrogens (primary N) is 1. The van der Waals surface area contributed by atoms with Crippen molar-refractivity contribution in [2.45, 2.75) is 20.0 Å². The highest BCUT2D eigenvalue weighted by atomic mass is 19.1. The van der Waals surface area contributed by atoms with Crippen molar-refractivity contribution in [1.29, 1.82) is 0 Å². The number of benzene rings is 2.